The molecule has 1 aliphatic rings. The summed E-state index contributed by atoms with van der Waals surface area (Å²) in [6.45, 7) is -0.419. The van der Waals surface area contributed by atoms with Gasteiger partial charge in [-0.05, 0) is 17.7 Å². The maximum atomic E-state index is 12.6. The average Bonchev–Trinajstić information content (AvgIpc) is 2.46. The molecular weight excluding hydrogens is 359 g/mol. The molecule has 0 fully saturated rings. The Balaban J connectivity index is 2.09. The molecule has 0 saturated carbocycles. The van der Waals surface area contributed by atoms with Crippen molar-refractivity contribution >= 4 is 22.6 Å². The number of hydrogen-bond donors (Lipinski definition) is 0. The van der Waals surface area contributed by atoms with Crippen molar-refractivity contribution in [2.24, 2.45) is 0 Å². The van der Waals surface area contributed by atoms with Gasteiger partial charge in [-0.15, -0.1) is 8.78 Å². The molecule has 0 spiro atoms. The SMILES string of the molecule is FC(F)(I)OCc1ccc2c(c1)OC(F)(F)O2. The van der Waals surface area contributed by atoms with Gasteiger partial charge in [0.25, 0.3) is 0 Å². The third kappa shape index (κ3) is 3.35. The van der Waals surface area contributed by atoms with Crippen molar-refractivity contribution in [3.63, 3.8) is 0 Å². The molecule has 0 saturated heterocycles. The molecule has 1 aromatic rings. The van der Waals surface area contributed by atoms with Crippen LogP contribution in [0.3, 0.4) is 0 Å². The average molecular weight is 364 g/mol. The first kappa shape index (κ1) is 12.7. The minimum atomic E-state index is -3.71. The first-order chi connectivity index (χ1) is 7.75. The van der Waals surface area contributed by atoms with E-state index in [1.807, 2.05) is 0 Å². The van der Waals surface area contributed by atoms with Crippen molar-refractivity contribution < 1.29 is 31.8 Å². The first-order valence-corrected chi connectivity index (χ1v) is 5.42. The largest absolute Gasteiger partial charge is 0.586 e. The highest BCUT2D eigenvalue weighted by atomic mass is 127. The van der Waals surface area contributed by atoms with Crippen LogP contribution in [0.4, 0.5) is 17.6 Å². The number of fused-ring (bicyclic) bond motifs is 1. The molecule has 0 N–H and O–H groups in total. The molecule has 1 aromatic carbocycles. The second-order valence-corrected chi connectivity index (χ2v) is 4.44. The molecule has 8 heteroatoms. The van der Waals surface area contributed by atoms with Crippen LogP contribution in [-0.4, -0.2) is 10.4 Å². The molecular formula is C9H5F4IO3. The predicted octanol–water partition coefficient (Wildman–Crippen LogP) is 3.51. The summed E-state index contributed by atoms with van der Waals surface area (Å²) in [5.74, 6) is -0.340. The summed E-state index contributed by atoms with van der Waals surface area (Å²) in [5.41, 5.74) is 0.279. The minimum absolute atomic E-state index is 0.139. The molecule has 1 aliphatic heterocycles. The number of ether oxygens (including phenoxy) is 3. The second-order valence-electron chi connectivity index (χ2n) is 3.18. The standard InChI is InChI=1S/C9H5F4IO3/c10-8(11,14)15-4-5-1-2-6-7(3-5)17-9(12,13)16-6/h1-3H,4H2. The van der Waals surface area contributed by atoms with Crippen molar-refractivity contribution in [1.29, 1.82) is 0 Å². The molecule has 0 amide bonds. The Morgan fingerprint density at radius 1 is 1.24 bits per heavy atom. The maximum absolute atomic E-state index is 12.6. The molecule has 1 heterocycles. The summed E-state index contributed by atoms with van der Waals surface area (Å²) in [4.78, 5) is 0. The summed E-state index contributed by atoms with van der Waals surface area (Å²) in [5, 5.41) is 0. The lowest BCUT2D eigenvalue weighted by atomic mass is 10.2. The van der Waals surface area contributed by atoms with Crippen LogP contribution in [0.15, 0.2) is 18.2 Å². The summed E-state index contributed by atoms with van der Waals surface area (Å²) >= 11 is 0.814. The maximum Gasteiger partial charge on any atom is 0.586 e. The fraction of sp³-hybridized carbons (Fsp3) is 0.333. The number of benzene rings is 1. The van der Waals surface area contributed by atoms with Crippen LogP contribution in [0.25, 0.3) is 0 Å². The monoisotopic (exact) mass is 364 g/mol. The quantitative estimate of drug-likeness (QED) is 0.467. The van der Waals surface area contributed by atoms with Gasteiger partial charge in [0, 0.05) is 22.6 Å². The van der Waals surface area contributed by atoms with Gasteiger partial charge in [0.2, 0.25) is 0 Å². The van der Waals surface area contributed by atoms with Gasteiger partial charge in [0.15, 0.2) is 11.5 Å². The van der Waals surface area contributed by atoms with E-state index in [4.69, 9.17) is 0 Å². The number of halogens is 5. The molecule has 0 aliphatic carbocycles. The van der Waals surface area contributed by atoms with Gasteiger partial charge in [0.05, 0.1) is 6.61 Å². The molecule has 2 rings (SSSR count). The Hall–Kier alpha value is -0.770. The molecule has 0 aromatic heterocycles. The van der Waals surface area contributed by atoms with Crippen molar-refractivity contribution in [2.75, 3.05) is 0 Å². The zero-order valence-electron chi connectivity index (χ0n) is 8.05. The van der Waals surface area contributed by atoms with Crippen molar-refractivity contribution in [3.05, 3.63) is 23.8 Å². The fourth-order valence-corrected chi connectivity index (χ4v) is 1.40. The second kappa shape index (κ2) is 4.16. The van der Waals surface area contributed by atoms with Crippen LogP contribution in [0.5, 0.6) is 11.5 Å². The van der Waals surface area contributed by atoms with Crippen LogP contribution in [-0.2, 0) is 11.3 Å². The van der Waals surface area contributed by atoms with Gasteiger partial charge < -0.3 is 14.2 Å². The topological polar surface area (TPSA) is 27.7 Å². The van der Waals surface area contributed by atoms with Crippen molar-refractivity contribution in [1.82, 2.24) is 0 Å². The van der Waals surface area contributed by atoms with Gasteiger partial charge in [0.1, 0.15) is 0 Å². The van der Waals surface area contributed by atoms with E-state index in [0.717, 1.165) is 22.6 Å². The minimum Gasteiger partial charge on any atom is -0.395 e. The van der Waals surface area contributed by atoms with E-state index in [1.54, 1.807) is 0 Å². The van der Waals surface area contributed by atoms with Crippen LogP contribution >= 0.6 is 22.6 Å². The van der Waals surface area contributed by atoms with Crippen molar-refractivity contribution in [2.45, 2.75) is 17.0 Å². The number of alkyl halides is 5. The van der Waals surface area contributed by atoms with Gasteiger partial charge in [-0.3, -0.25) is 0 Å². The van der Waals surface area contributed by atoms with Crippen LogP contribution in [0, 0.1) is 0 Å². The Morgan fingerprint density at radius 3 is 2.53 bits per heavy atom. The van der Waals surface area contributed by atoms with E-state index in [9.17, 15) is 17.6 Å². The third-order valence-corrected chi connectivity index (χ3v) is 2.18. The molecule has 17 heavy (non-hydrogen) atoms. The molecule has 0 atom stereocenters. The summed E-state index contributed by atoms with van der Waals surface area (Å²) in [6, 6.07) is 3.71. The van der Waals surface area contributed by atoms with Gasteiger partial charge >= 0.3 is 10.4 Å². The third-order valence-electron chi connectivity index (χ3n) is 1.87. The van der Waals surface area contributed by atoms with Crippen LogP contribution < -0.4 is 9.47 Å². The van der Waals surface area contributed by atoms with Gasteiger partial charge in [-0.2, -0.15) is 8.78 Å². The van der Waals surface area contributed by atoms with E-state index < -0.39 is 17.0 Å². The fourth-order valence-electron chi connectivity index (χ4n) is 1.25. The van der Waals surface area contributed by atoms with E-state index in [0.29, 0.717) is 0 Å². The highest BCUT2D eigenvalue weighted by Crippen LogP contribution is 2.41. The van der Waals surface area contributed by atoms with Crippen LogP contribution in [0.1, 0.15) is 5.56 Å². The van der Waals surface area contributed by atoms with E-state index in [-0.39, 0.29) is 17.1 Å². The summed E-state index contributed by atoms with van der Waals surface area (Å²) < 4.78 is 59.3. The zero-order valence-corrected chi connectivity index (χ0v) is 10.2. The Bertz CT molecular complexity index is 433. The van der Waals surface area contributed by atoms with Crippen molar-refractivity contribution in [3.8, 4) is 11.5 Å². The Labute approximate surface area is 107 Å². The number of rotatable bonds is 3. The normalized spacial score (nSPS) is 17.2. The van der Waals surface area contributed by atoms with E-state index in [1.165, 1.54) is 18.2 Å². The summed E-state index contributed by atoms with van der Waals surface area (Å²) in [7, 11) is 0. The summed E-state index contributed by atoms with van der Waals surface area (Å²) in [6.07, 6.45) is -3.71. The molecule has 0 radical (unpaired) electrons. The molecule has 0 bridgehead atoms. The van der Waals surface area contributed by atoms with Crippen LogP contribution in [0.2, 0.25) is 0 Å². The smallest absolute Gasteiger partial charge is 0.395 e. The lowest BCUT2D eigenvalue weighted by Crippen LogP contribution is -2.25. The molecule has 3 nitrogen and oxygen atoms in total. The predicted molar refractivity (Wildman–Crippen MR) is 56.4 cm³/mol. The lowest BCUT2D eigenvalue weighted by molar-refractivity contribution is -0.286. The Kier molecular flexibility index (Phi) is 3.10. The van der Waals surface area contributed by atoms with Gasteiger partial charge in [-0.25, -0.2) is 0 Å². The first-order valence-electron chi connectivity index (χ1n) is 4.35. The highest BCUT2D eigenvalue weighted by Gasteiger charge is 2.43. The lowest BCUT2D eigenvalue weighted by Gasteiger charge is -2.09. The molecule has 0 unspecified atom stereocenters. The number of hydrogen-bond acceptors (Lipinski definition) is 3. The van der Waals surface area contributed by atoms with E-state index in [2.05, 4.69) is 14.2 Å². The molecule has 94 valence electrons. The Morgan fingerprint density at radius 2 is 1.88 bits per heavy atom. The highest BCUT2D eigenvalue weighted by molar-refractivity contribution is 14.1. The van der Waals surface area contributed by atoms with Gasteiger partial charge in [-0.1, -0.05) is 6.07 Å². The van der Waals surface area contributed by atoms with E-state index >= 15 is 0 Å². The zero-order chi connectivity index (χ0) is 12.7.